The van der Waals surface area contributed by atoms with E-state index in [1.54, 1.807) is 0 Å². The smallest absolute Gasteiger partial charge is 0.0175 e. The van der Waals surface area contributed by atoms with E-state index in [2.05, 4.69) is 66.3 Å². The predicted molar refractivity (Wildman–Crippen MR) is 88.8 cm³/mol. The Hall–Kier alpha value is -0.340. The first kappa shape index (κ1) is 16.7. The van der Waals surface area contributed by atoms with Crippen molar-refractivity contribution in [3.63, 3.8) is 0 Å². The van der Waals surface area contributed by atoms with Crippen LogP contribution in [-0.2, 0) is 0 Å². The van der Waals surface area contributed by atoms with Gasteiger partial charge in [0.2, 0.25) is 0 Å². The minimum atomic E-state index is 0.564. The molecular formula is C17H28BrN. The maximum absolute atomic E-state index is 3.59. The molecule has 0 aromatic heterocycles. The van der Waals surface area contributed by atoms with Gasteiger partial charge in [-0.15, -0.1) is 0 Å². The van der Waals surface area contributed by atoms with Crippen LogP contribution in [0.2, 0.25) is 0 Å². The summed E-state index contributed by atoms with van der Waals surface area (Å²) in [5.41, 5.74) is 1.47. The van der Waals surface area contributed by atoms with Crippen LogP contribution in [0.1, 0.15) is 64.4 Å². The van der Waals surface area contributed by atoms with Gasteiger partial charge in [-0.05, 0) is 30.0 Å². The van der Waals surface area contributed by atoms with E-state index in [-0.39, 0.29) is 0 Å². The standard InChI is InChI=1S/C17H28BrN/c1-4-5-6-7-8-16(13-19-14(2)3)15-9-11-17(18)12-10-15/h9-12,14,16,19H,4-8,13H2,1-3H3. The number of hydrogen-bond acceptors (Lipinski definition) is 1. The van der Waals surface area contributed by atoms with Crippen molar-refractivity contribution in [2.45, 2.75) is 64.8 Å². The fourth-order valence-electron chi connectivity index (χ4n) is 2.32. The lowest BCUT2D eigenvalue weighted by molar-refractivity contribution is 0.486. The fourth-order valence-corrected chi connectivity index (χ4v) is 2.58. The summed E-state index contributed by atoms with van der Waals surface area (Å²) in [6.07, 6.45) is 6.68. The summed E-state index contributed by atoms with van der Waals surface area (Å²) < 4.78 is 1.16. The molecule has 0 saturated heterocycles. The number of unbranched alkanes of at least 4 members (excludes halogenated alkanes) is 3. The normalized spacial score (nSPS) is 12.9. The minimum Gasteiger partial charge on any atom is -0.314 e. The van der Waals surface area contributed by atoms with Crippen molar-refractivity contribution < 1.29 is 0 Å². The van der Waals surface area contributed by atoms with Gasteiger partial charge in [0.25, 0.3) is 0 Å². The molecule has 1 atom stereocenters. The second kappa shape index (κ2) is 9.55. The molecule has 19 heavy (non-hydrogen) atoms. The van der Waals surface area contributed by atoms with Crippen LogP contribution in [-0.4, -0.2) is 12.6 Å². The lowest BCUT2D eigenvalue weighted by Crippen LogP contribution is -2.28. The highest BCUT2D eigenvalue weighted by atomic mass is 79.9. The second-order valence-electron chi connectivity index (χ2n) is 5.66. The van der Waals surface area contributed by atoms with E-state index in [1.165, 1.54) is 37.7 Å². The van der Waals surface area contributed by atoms with Crippen LogP contribution in [0.15, 0.2) is 28.7 Å². The monoisotopic (exact) mass is 325 g/mol. The molecule has 0 spiro atoms. The lowest BCUT2D eigenvalue weighted by atomic mass is 9.92. The molecule has 108 valence electrons. The van der Waals surface area contributed by atoms with Crippen molar-refractivity contribution in [2.24, 2.45) is 0 Å². The Morgan fingerprint density at radius 2 is 1.74 bits per heavy atom. The SMILES string of the molecule is CCCCCCC(CNC(C)C)c1ccc(Br)cc1. The van der Waals surface area contributed by atoms with Crippen molar-refractivity contribution in [2.75, 3.05) is 6.54 Å². The van der Waals surface area contributed by atoms with Crippen LogP contribution in [0, 0.1) is 0 Å². The molecular weight excluding hydrogens is 298 g/mol. The van der Waals surface area contributed by atoms with Gasteiger partial charge in [-0.1, -0.05) is 74.5 Å². The van der Waals surface area contributed by atoms with Crippen LogP contribution in [0.3, 0.4) is 0 Å². The van der Waals surface area contributed by atoms with E-state index in [1.807, 2.05) is 0 Å². The summed E-state index contributed by atoms with van der Waals surface area (Å²) in [7, 11) is 0. The molecule has 1 rings (SSSR count). The maximum Gasteiger partial charge on any atom is 0.0175 e. The van der Waals surface area contributed by atoms with Gasteiger partial charge in [0, 0.05) is 17.1 Å². The third-order valence-electron chi connectivity index (χ3n) is 3.52. The lowest BCUT2D eigenvalue weighted by Gasteiger charge is -2.20. The first-order chi connectivity index (χ1) is 9.13. The second-order valence-corrected chi connectivity index (χ2v) is 6.58. The average molecular weight is 326 g/mol. The van der Waals surface area contributed by atoms with Crippen LogP contribution < -0.4 is 5.32 Å². The topological polar surface area (TPSA) is 12.0 Å². The Morgan fingerprint density at radius 1 is 1.05 bits per heavy atom. The third-order valence-corrected chi connectivity index (χ3v) is 4.05. The number of benzene rings is 1. The highest BCUT2D eigenvalue weighted by Crippen LogP contribution is 2.24. The summed E-state index contributed by atoms with van der Waals surface area (Å²) in [5.74, 6) is 0.646. The Kier molecular flexibility index (Phi) is 8.40. The molecule has 0 heterocycles. The van der Waals surface area contributed by atoms with Crippen molar-refractivity contribution in [1.29, 1.82) is 0 Å². The molecule has 1 nitrogen and oxygen atoms in total. The van der Waals surface area contributed by atoms with Crippen LogP contribution >= 0.6 is 15.9 Å². The molecule has 0 aliphatic heterocycles. The third kappa shape index (κ3) is 7.12. The Morgan fingerprint density at radius 3 is 2.32 bits per heavy atom. The summed E-state index contributed by atoms with van der Waals surface area (Å²) in [6, 6.07) is 9.40. The molecule has 1 aromatic rings. The number of halogens is 1. The molecule has 0 aliphatic carbocycles. The maximum atomic E-state index is 3.59. The van der Waals surface area contributed by atoms with Crippen molar-refractivity contribution >= 4 is 15.9 Å². The fraction of sp³-hybridized carbons (Fsp3) is 0.647. The van der Waals surface area contributed by atoms with Crippen molar-refractivity contribution in [1.82, 2.24) is 5.32 Å². The first-order valence-electron chi connectivity index (χ1n) is 7.62. The predicted octanol–water partition coefficient (Wildman–Crippen LogP) is 5.50. The molecule has 0 bridgehead atoms. The summed E-state index contributed by atoms with van der Waals surface area (Å²) >= 11 is 3.51. The zero-order chi connectivity index (χ0) is 14.1. The summed E-state index contributed by atoms with van der Waals surface area (Å²) in [6.45, 7) is 7.80. The van der Waals surface area contributed by atoms with Gasteiger partial charge in [0.15, 0.2) is 0 Å². The molecule has 1 N–H and O–H groups in total. The van der Waals surface area contributed by atoms with E-state index in [0.717, 1.165) is 11.0 Å². The van der Waals surface area contributed by atoms with Gasteiger partial charge in [-0.3, -0.25) is 0 Å². The summed E-state index contributed by atoms with van der Waals surface area (Å²) in [5, 5.41) is 3.59. The van der Waals surface area contributed by atoms with Crippen LogP contribution in [0.5, 0.6) is 0 Å². The molecule has 0 fully saturated rings. The minimum absolute atomic E-state index is 0.564. The first-order valence-corrected chi connectivity index (χ1v) is 8.41. The van der Waals surface area contributed by atoms with Gasteiger partial charge >= 0.3 is 0 Å². The van der Waals surface area contributed by atoms with E-state index >= 15 is 0 Å². The van der Waals surface area contributed by atoms with Gasteiger partial charge in [0.05, 0.1) is 0 Å². The van der Waals surface area contributed by atoms with Crippen LogP contribution in [0.4, 0.5) is 0 Å². The van der Waals surface area contributed by atoms with E-state index in [4.69, 9.17) is 0 Å². The number of hydrogen-bond donors (Lipinski definition) is 1. The zero-order valence-corrected chi connectivity index (χ0v) is 14.2. The summed E-state index contributed by atoms with van der Waals surface area (Å²) in [4.78, 5) is 0. The van der Waals surface area contributed by atoms with Gasteiger partial charge < -0.3 is 5.32 Å². The number of rotatable bonds is 9. The van der Waals surface area contributed by atoms with Gasteiger partial charge in [0.1, 0.15) is 0 Å². The highest BCUT2D eigenvalue weighted by Gasteiger charge is 2.11. The van der Waals surface area contributed by atoms with E-state index < -0.39 is 0 Å². The van der Waals surface area contributed by atoms with E-state index in [0.29, 0.717) is 12.0 Å². The molecule has 1 aromatic carbocycles. The van der Waals surface area contributed by atoms with Crippen molar-refractivity contribution in [3.05, 3.63) is 34.3 Å². The number of nitrogens with one attached hydrogen (secondary N) is 1. The van der Waals surface area contributed by atoms with Gasteiger partial charge in [-0.2, -0.15) is 0 Å². The van der Waals surface area contributed by atoms with Crippen LogP contribution in [0.25, 0.3) is 0 Å². The Balaban J connectivity index is 2.54. The molecule has 0 radical (unpaired) electrons. The molecule has 0 aliphatic rings. The molecule has 0 saturated carbocycles. The zero-order valence-electron chi connectivity index (χ0n) is 12.6. The largest absolute Gasteiger partial charge is 0.314 e. The van der Waals surface area contributed by atoms with E-state index in [9.17, 15) is 0 Å². The molecule has 1 unspecified atom stereocenters. The van der Waals surface area contributed by atoms with Crippen molar-refractivity contribution in [3.8, 4) is 0 Å². The quantitative estimate of drug-likeness (QED) is 0.591. The Bertz CT molecular complexity index is 332. The molecule has 0 amide bonds. The Labute approximate surface area is 127 Å². The van der Waals surface area contributed by atoms with Gasteiger partial charge in [-0.25, -0.2) is 0 Å². The average Bonchev–Trinajstić information content (AvgIpc) is 2.39. The highest BCUT2D eigenvalue weighted by molar-refractivity contribution is 9.10. The molecule has 2 heteroatoms.